The number of hydrogen-bond acceptors (Lipinski definition) is 8. The average molecular weight is 487 g/mol. The van der Waals surface area contributed by atoms with Crippen molar-refractivity contribution in [3.63, 3.8) is 0 Å². The molecule has 2 aromatic carbocycles. The van der Waals surface area contributed by atoms with Gasteiger partial charge in [0.25, 0.3) is 11.2 Å². The number of nitro groups is 1. The molecule has 0 aliphatic heterocycles. The first-order valence-electron chi connectivity index (χ1n) is 8.46. The van der Waals surface area contributed by atoms with E-state index < -0.39 is 16.5 Å². The van der Waals surface area contributed by atoms with Crippen LogP contribution in [-0.2, 0) is 4.79 Å². The lowest BCUT2D eigenvalue weighted by molar-refractivity contribution is -0.384. The Bertz CT molecular complexity index is 1430. The van der Waals surface area contributed by atoms with Gasteiger partial charge in [0, 0.05) is 34.7 Å². The van der Waals surface area contributed by atoms with Gasteiger partial charge in [-0.25, -0.2) is 0 Å². The molecule has 2 heterocycles. The van der Waals surface area contributed by atoms with Crippen LogP contribution in [0.25, 0.3) is 22.4 Å². The van der Waals surface area contributed by atoms with E-state index in [9.17, 15) is 19.7 Å². The Morgan fingerprint density at radius 2 is 2.10 bits per heavy atom. The fraction of sp³-hybridized carbons (Fsp3) is 0.0526. The van der Waals surface area contributed by atoms with Crippen molar-refractivity contribution in [2.75, 3.05) is 0 Å². The largest absolute Gasteiger partial charge is 0.426 e. The molecule has 0 atom stereocenters. The van der Waals surface area contributed by atoms with Crippen LogP contribution in [0, 0.1) is 10.1 Å². The molecule has 0 amide bonds. The number of aromatic nitrogens is 3. The Morgan fingerprint density at radius 3 is 2.80 bits per heavy atom. The fourth-order valence-electron chi connectivity index (χ4n) is 2.74. The summed E-state index contributed by atoms with van der Waals surface area (Å²) in [6.45, 7) is 1.30. The van der Waals surface area contributed by atoms with Crippen molar-refractivity contribution >= 4 is 50.0 Å². The summed E-state index contributed by atoms with van der Waals surface area (Å²) in [7, 11) is 0. The highest BCUT2D eigenvalue weighted by atomic mass is 79.9. The van der Waals surface area contributed by atoms with E-state index >= 15 is 0 Å². The smallest absolute Gasteiger partial charge is 0.308 e. The van der Waals surface area contributed by atoms with E-state index in [1.54, 1.807) is 30.3 Å². The molecule has 0 spiro atoms. The third-order valence-corrected chi connectivity index (χ3v) is 5.46. The molecule has 2 aromatic heterocycles. The maximum absolute atomic E-state index is 12.8. The van der Waals surface area contributed by atoms with Gasteiger partial charge in [-0.1, -0.05) is 39.4 Å². The van der Waals surface area contributed by atoms with Crippen molar-refractivity contribution < 1.29 is 14.5 Å². The zero-order chi connectivity index (χ0) is 21.4. The molecule has 0 bridgehead atoms. The number of fused-ring (bicyclic) bond motifs is 1. The molecule has 0 N–H and O–H groups in total. The number of non-ortho nitro benzene ring substituents is 1. The second-order valence-electron chi connectivity index (χ2n) is 6.13. The number of carbonyl (C=O) groups is 1. The third-order valence-electron chi connectivity index (χ3n) is 4.01. The minimum atomic E-state index is -0.507. The molecule has 0 saturated heterocycles. The van der Waals surface area contributed by atoms with Crippen molar-refractivity contribution in [1.82, 2.24) is 14.6 Å². The summed E-state index contributed by atoms with van der Waals surface area (Å²) in [6.07, 6.45) is 1.60. The minimum absolute atomic E-state index is 0.0883. The monoisotopic (exact) mass is 486 g/mol. The van der Waals surface area contributed by atoms with Gasteiger partial charge in [-0.3, -0.25) is 19.7 Å². The van der Waals surface area contributed by atoms with Gasteiger partial charge in [0.1, 0.15) is 5.75 Å². The lowest BCUT2D eigenvalue weighted by atomic mass is 10.2. The van der Waals surface area contributed by atoms with Crippen molar-refractivity contribution in [2.45, 2.75) is 6.92 Å². The quantitative estimate of drug-likeness (QED) is 0.188. The van der Waals surface area contributed by atoms with E-state index in [-0.39, 0.29) is 11.5 Å². The Morgan fingerprint density at radius 1 is 1.30 bits per heavy atom. The average Bonchev–Trinajstić information content (AvgIpc) is 3.23. The minimum Gasteiger partial charge on any atom is -0.426 e. The molecule has 30 heavy (non-hydrogen) atoms. The highest BCUT2D eigenvalue weighted by molar-refractivity contribution is 9.10. The molecule has 0 aliphatic rings. The second-order valence-corrected chi connectivity index (χ2v) is 8.05. The molecule has 0 saturated carbocycles. The highest BCUT2D eigenvalue weighted by Gasteiger charge is 2.15. The normalized spacial score (nSPS) is 11.7. The molecular weight excluding hydrogens is 476 g/mol. The Balaban J connectivity index is 1.80. The number of thiazole rings is 1. The maximum atomic E-state index is 12.8. The molecule has 4 aromatic rings. The predicted octanol–water partition coefficient (Wildman–Crippen LogP) is 2.96. The molecule has 11 heteroatoms. The van der Waals surface area contributed by atoms with Crippen LogP contribution in [0.3, 0.4) is 0 Å². The van der Waals surface area contributed by atoms with Crippen molar-refractivity contribution in [3.8, 4) is 17.1 Å². The zero-order valence-electron chi connectivity index (χ0n) is 15.2. The van der Waals surface area contributed by atoms with Crippen LogP contribution >= 0.6 is 27.3 Å². The molecule has 0 fully saturated rings. The van der Waals surface area contributed by atoms with Gasteiger partial charge in [0.15, 0.2) is 5.82 Å². The van der Waals surface area contributed by atoms with Gasteiger partial charge in [-0.05, 0) is 24.3 Å². The predicted molar refractivity (Wildman–Crippen MR) is 113 cm³/mol. The number of carbonyl (C=O) groups excluding carboxylic acids is 1. The number of nitrogens with zero attached hydrogens (tertiary/aromatic N) is 4. The summed E-state index contributed by atoms with van der Waals surface area (Å²) >= 11 is 4.47. The first-order valence-corrected chi connectivity index (χ1v) is 10.1. The lowest BCUT2D eigenvalue weighted by Crippen LogP contribution is -2.23. The van der Waals surface area contributed by atoms with Gasteiger partial charge in [-0.15, -0.1) is 5.10 Å². The summed E-state index contributed by atoms with van der Waals surface area (Å²) in [4.78, 5) is 39.3. The standard InChI is InChI=1S/C19H11BrN4O5S/c1-10(25)29-15-6-5-13(20)7-12(15)9-16-18(26)23-19(30-16)21-17(22-23)11-3-2-4-14(8-11)24(27)28/h2-9H,1H3/b16-9-. The summed E-state index contributed by atoms with van der Waals surface area (Å²) in [6, 6.07) is 11.0. The second kappa shape index (κ2) is 7.76. The Labute approximate surface area is 180 Å². The van der Waals surface area contributed by atoms with Crippen LogP contribution in [0.15, 0.2) is 51.7 Å². The first kappa shape index (κ1) is 19.9. The summed E-state index contributed by atoms with van der Waals surface area (Å²) < 4.78 is 7.44. The number of halogens is 1. The first-order chi connectivity index (χ1) is 14.3. The van der Waals surface area contributed by atoms with Gasteiger partial charge < -0.3 is 4.74 Å². The van der Waals surface area contributed by atoms with Gasteiger partial charge in [-0.2, -0.15) is 9.50 Å². The van der Waals surface area contributed by atoms with E-state index in [0.717, 1.165) is 20.3 Å². The topological polar surface area (TPSA) is 117 Å². The summed E-state index contributed by atoms with van der Waals surface area (Å²) in [5.74, 6) is 0.0663. The van der Waals surface area contributed by atoms with E-state index in [0.29, 0.717) is 26.4 Å². The number of ether oxygens (including phenoxy) is 1. The van der Waals surface area contributed by atoms with Crippen LogP contribution in [0.2, 0.25) is 0 Å². The van der Waals surface area contributed by atoms with E-state index in [1.165, 1.54) is 25.1 Å². The number of benzene rings is 2. The maximum Gasteiger partial charge on any atom is 0.308 e. The zero-order valence-corrected chi connectivity index (χ0v) is 17.6. The van der Waals surface area contributed by atoms with Crippen LogP contribution < -0.4 is 14.8 Å². The van der Waals surface area contributed by atoms with Gasteiger partial charge in [0.2, 0.25) is 4.96 Å². The highest BCUT2D eigenvalue weighted by Crippen LogP contribution is 2.25. The molecule has 150 valence electrons. The van der Waals surface area contributed by atoms with Crippen molar-refractivity contribution in [3.05, 3.63) is 77.5 Å². The molecule has 0 radical (unpaired) electrons. The molecule has 9 nitrogen and oxygen atoms in total. The summed E-state index contributed by atoms with van der Waals surface area (Å²) in [5.41, 5.74) is 0.497. The molecule has 4 rings (SSSR count). The van der Waals surface area contributed by atoms with E-state index in [4.69, 9.17) is 4.74 Å². The third kappa shape index (κ3) is 3.84. The Kier molecular flexibility index (Phi) is 5.14. The van der Waals surface area contributed by atoms with Crippen molar-refractivity contribution in [1.29, 1.82) is 0 Å². The SMILES string of the molecule is CC(=O)Oc1ccc(Br)cc1/C=c1\sc2nc(-c3cccc([N+](=O)[O-])c3)nn2c1=O. The Hall–Kier alpha value is -3.44. The number of hydrogen-bond donors (Lipinski definition) is 0. The molecule has 0 aliphatic carbocycles. The van der Waals surface area contributed by atoms with Crippen molar-refractivity contribution in [2.24, 2.45) is 0 Å². The fourth-order valence-corrected chi connectivity index (χ4v) is 4.01. The molecular formula is C19H11BrN4O5S. The molecule has 0 unspecified atom stereocenters. The van der Waals surface area contributed by atoms with Crippen LogP contribution in [0.5, 0.6) is 5.75 Å². The van der Waals surface area contributed by atoms with Gasteiger partial charge >= 0.3 is 5.97 Å². The number of nitro benzene ring substituents is 1. The number of rotatable bonds is 4. The van der Waals surface area contributed by atoms with E-state index in [2.05, 4.69) is 26.0 Å². The van der Waals surface area contributed by atoms with E-state index in [1.807, 2.05) is 0 Å². The summed E-state index contributed by atoms with van der Waals surface area (Å²) in [5, 5.41) is 15.2. The van der Waals surface area contributed by atoms with Crippen LogP contribution in [0.1, 0.15) is 12.5 Å². The van der Waals surface area contributed by atoms with Gasteiger partial charge in [0.05, 0.1) is 9.46 Å². The van der Waals surface area contributed by atoms with Crippen LogP contribution in [-0.4, -0.2) is 25.5 Å². The van der Waals surface area contributed by atoms with Crippen LogP contribution in [0.4, 0.5) is 5.69 Å². The lowest BCUT2D eigenvalue weighted by Gasteiger charge is -2.05. The number of esters is 1.